The lowest BCUT2D eigenvalue weighted by Crippen LogP contribution is -2.34. The highest BCUT2D eigenvalue weighted by Gasteiger charge is 2.16. The number of benzene rings is 1. The molecule has 1 heterocycles. The zero-order valence-electron chi connectivity index (χ0n) is 9.74. The summed E-state index contributed by atoms with van der Waals surface area (Å²) in [6, 6.07) is 8.75. The van der Waals surface area contributed by atoms with Gasteiger partial charge in [0.1, 0.15) is 5.00 Å². The largest absolute Gasteiger partial charge is 0.351 e. The van der Waals surface area contributed by atoms with E-state index in [1.165, 1.54) is 11.3 Å². The van der Waals surface area contributed by atoms with E-state index in [1.807, 2.05) is 25.1 Å². The number of anilines is 2. The van der Waals surface area contributed by atoms with Crippen LogP contribution in [0.15, 0.2) is 36.5 Å². The first-order chi connectivity index (χ1) is 8.81. The smallest absolute Gasteiger partial charge is 0.294 e. The van der Waals surface area contributed by atoms with Crippen molar-refractivity contribution >= 4 is 28.3 Å². The van der Waals surface area contributed by atoms with Crippen LogP contribution in [0, 0.1) is 0 Å². The van der Waals surface area contributed by atoms with Crippen molar-refractivity contribution in [3.8, 4) is 0 Å². The van der Waals surface area contributed by atoms with Crippen LogP contribution < -0.4 is 10.4 Å². The molecule has 0 saturated carbocycles. The number of para-hydroxylation sites is 1. The van der Waals surface area contributed by atoms with Crippen LogP contribution in [-0.4, -0.2) is 22.2 Å². The normalized spacial score (nSPS) is 10.1. The second-order valence-corrected chi connectivity index (χ2v) is 4.05. The second-order valence-electron chi connectivity index (χ2n) is 3.26. The van der Waals surface area contributed by atoms with Gasteiger partial charge in [0.25, 0.3) is 0 Å². The molecule has 18 heavy (non-hydrogen) atoms. The summed E-state index contributed by atoms with van der Waals surface area (Å²) >= 11 is 1.11. The van der Waals surface area contributed by atoms with E-state index in [4.69, 9.17) is 4.84 Å². The van der Waals surface area contributed by atoms with Crippen LogP contribution in [0.1, 0.15) is 6.92 Å². The quantitative estimate of drug-likeness (QED) is 0.862. The molecule has 94 valence electrons. The predicted octanol–water partition coefficient (Wildman–Crippen LogP) is 2.53. The van der Waals surface area contributed by atoms with Crippen LogP contribution in [0.5, 0.6) is 0 Å². The van der Waals surface area contributed by atoms with Crippen molar-refractivity contribution in [1.29, 1.82) is 0 Å². The minimum atomic E-state index is -0.380. The second kappa shape index (κ2) is 6.08. The third kappa shape index (κ3) is 3.02. The number of aromatic nitrogens is 2. The van der Waals surface area contributed by atoms with Crippen LogP contribution in [0.4, 0.5) is 15.5 Å². The first-order valence-electron chi connectivity index (χ1n) is 5.37. The molecular weight excluding hydrogens is 252 g/mol. The fourth-order valence-electron chi connectivity index (χ4n) is 1.32. The molecule has 7 heteroatoms. The summed E-state index contributed by atoms with van der Waals surface area (Å²) < 4.78 is 3.67. The van der Waals surface area contributed by atoms with Gasteiger partial charge in [-0.3, -0.25) is 10.2 Å². The molecule has 0 saturated heterocycles. The van der Waals surface area contributed by atoms with E-state index in [0.29, 0.717) is 17.3 Å². The number of carbonyl (C=O) groups excluding carboxylic acids is 1. The van der Waals surface area contributed by atoms with Crippen LogP contribution in [-0.2, 0) is 4.84 Å². The van der Waals surface area contributed by atoms with Gasteiger partial charge in [-0.2, -0.15) is 5.06 Å². The number of hydrogen-bond acceptors (Lipinski definition) is 5. The van der Waals surface area contributed by atoms with Crippen molar-refractivity contribution < 1.29 is 9.63 Å². The Balaban J connectivity index is 2.12. The van der Waals surface area contributed by atoms with E-state index < -0.39 is 0 Å². The lowest BCUT2D eigenvalue weighted by molar-refractivity contribution is 0.132. The molecule has 1 aromatic carbocycles. The molecule has 0 unspecified atom stereocenters. The SMILES string of the molecule is CCON(C(=O)Nc1cnns1)c1ccccc1. The van der Waals surface area contributed by atoms with Gasteiger partial charge in [0.05, 0.1) is 18.5 Å². The highest BCUT2D eigenvalue weighted by molar-refractivity contribution is 7.10. The highest BCUT2D eigenvalue weighted by Crippen LogP contribution is 2.17. The summed E-state index contributed by atoms with van der Waals surface area (Å²) in [6.07, 6.45) is 1.48. The summed E-state index contributed by atoms with van der Waals surface area (Å²) in [7, 11) is 0. The van der Waals surface area contributed by atoms with Crippen LogP contribution in [0.3, 0.4) is 0 Å². The van der Waals surface area contributed by atoms with E-state index in [2.05, 4.69) is 14.9 Å². The number of hydrogen-bond donors (Lipinski definition) is 1. The molecule has 1 aromatic heterocycles. The fourth-order valence-corrected chi connectivity index (χ4v) is 1.73. The summed E-state index contributed by atoms with van der Waals surface area (Å²) in [5.74, 6) is 0. The maximum absolute atomic E-state index is 12.0. The third-order valence-electron chi connectivity index (χ3n) is 2.02. The molecule has 0 fully saturated rings. The Morgan fingerprint density at radius 1 is 1.44 bits per heavy atom. The molecule has 2 amide bonds. The van der Waals surface area contributed by atoms with Crippen molar-refractivity contribution in [3.63, 3.8) is 0 Å². The monoisotopic (exact) mass is 264 g/mol. The first-order valence-corrected chi connectivity index (χ1v) is 6.15. The molecule has 0 atom stereocenters. The zero-order valence-corrected chi connectivity index (χ0v) is 10.6. The van der Waals surface area contributed by atoms with Crippen molar-refractivity contribution in [2.75, 3.05) is 17.0 Å². The van der Waals surface area contributed by atoms with E-state index in [1.54, 1.807) is 12.1 Å². The molecule has 0 radical (unpaired) electrons. The Morgan fingerprint density at radius 3 is 2.83 bits per heavy atom. The molecule has 0 bridgehead atoms. The average molecular weight is 264 g/mol. The fraction of sp³-hybridized carbons (Fsp3) is 0.182. The van der Waals surface area contributed by atoms with E-state index in [9.17, 15) is 4.79 Å². The molecule has 6 nitrogen and oxygen atoms in total. The molecule has 0 aliphatic rings. The molecule has 1 N–H and O–H groups in total. The topological polar surface area (TPSA) is 67.3 Å². The molecule has 0 spiro atoms. The standard InChI is InChI=1S/C11H12N4O2S/c1-2-17-15(9-6-4-3-5-7-9)11(16)13-10-8-12-14-18-10/h3-8H,2H2,1H3,(H,13,16). The van der Waals surface area contributed by atoms with E-state index >= 15 is 0 Å². The lowest BCUT2D eigenvalue weighted by Gasteiger charge is -2.20. The Morgan fingerprint density at radius 2 is 2.22 bits per heavy atom. The Labute approximate surface area is 108 Å². The number of hydroxylamine groups is 1. The Kier molecular flexibility index (Phi) is 4.21. The van der Waals surface area contributed by atoms with Gasteiger partial charge in [-0.15, -0.1) is 5.10 Å². The number of amides is 2. The van der Waals surface area contributed by atoms with Gasteiger partial charge in [-0.25, -0.2) is 4.79 Å². The van der Waals surface area contributed by atoms with Crippen molar-refractivity contribution in [3.05, 3.63) is 36.5 Å². The number of nitrogens with one attached hydrogen (secondary N) is 1. The van der Waals surface area contributed by atoms with Gasteiger partial charge in [-0.1, -0.05) is 22.7 Å². The van der Waals surface area contributed by atoms with E-state index in [0.717, 1.165) is 11.5 Å². The van der Waals surface area contributed by atoms with Crippen LogP contribution >= 0.6 is 11.5 Å². The van der Waals surface area contributed by atoms with Crippen molar-refractivity contribution in [1.82, 2.24) is 9.59 Å². The number of rotatable bonds is 4. The summed E-state index contributed by atoms with van der Waals surface area (Å²) in [5.41, 5.74) is 0.661. The zero-order chi connectivity index (χ0) is 12.8. The lowest BCUT2D eigenvalue weighted by atomic mass is 10.3. The Bertz CT molecular complexity index is 489. The van der Waals surface area contributed by atoms with Crippen molar-refractivity contribution in [2.45, 2.75) is 6.92 Å². The maximum Gasteiger partial charge on any atom is 0.351 e. The van der Waals surface area contributed by atoms with Gasteiger partial charge in [0, 0.05) is 11.5 Å². The molecular formula is C11H12N4O2S. The van der Waals surface area contributed by atoms with Gasteiger partial charge in [0.15, 0.2) is 0 Å². The van der Waals surface area contributed by atoms with E-state index in [-0.39, 0.29) is 6.03 Å². The van der Waals surface area contributed by atoms with Crippen molar-refractivity contribution in [2.24, 2.45) is 0 Å². The average Bonchev–Trinajstić information content (AvgIpc) is 2.89. The summed E-state index contributed by atoms with van der Waals surface area (Å²) in [6.45, 7) is 2.21. The molecule has 2 aromatic rings. The van der Waals surface area contributed by atoms with Crippen LogP contribution in [0.2, 0.25) is 0 Å². The minimum absolute atomic E-state index is 0.380. The predicted molar refractivity (Wildman–Crippen MR) is 69.5 cm³/mol. The summed E-state index contributed by atoms with van der Waals surface area (Å²) in [4.78, 5) is 17.4. The first kappa shape index (κ1) is 12.5. The highest BCUT2D eigenvalue weighted by atomic mass is 32.1. The number of urea groups is 1. The van der Waals surface area contributed by atoms with Gasteiger partial charge in [-0.05, 0) is 19.1 Å². The van der Waals surface area contributed by atoms with Gasteiger partial charge < -0.3 is 0 Å². The maximum atomic E-state index is 12.0. The third-order valence-corrected chi connectivity index (χ3v) is 2.60. The van der Waals surface area contributed by atoms with Gasteiger partial charge in [0.2, 0.25) is 0 Å². The Hall–Kier alpha value is -1.99. The van der Waals surface area contributed by atoms with Crippen LogP contribution in [0.25, 0.3) is 0 Å². The molecule has 0 aliphatic carbocycles. The number of carbonyl (C=O) groups is 1. The minimum Gasteiger partial charge on any atom is -0.294 e. The summed E-state index contributed by atoms with van der Waals surface area (Å²) in [5, 5.41) is 8.09. The molecule has 0 aliphatic heterocycles. The number of nitrogens with zero attached hydrogens (tertiary/aromatic N) is 3. The van der Waals surface area contributed by atoms with Gasteiger partial charge >= 0.3 is 6.03 Å². The molecule has 2 rings (SSSR count).